The van der Waals surface area contributed by atoms with Crippen LogP contribution in [0.3, 0.4) is 0 Å². The van der Waals surface area contributed by atoms with Gasteiger partial charge in [0, 0.05) is 13.0 Å². The van der Waals surface area contributed by atoms with Gasteiger partial charge in [0.05, 0.1) is 19.8 Å². The summed E-state index contributed by atoms with van der Waals surface area (Å²) < 4.78 is 33.4. The first-order valence-corrected chi connectivity index (χ1v) is 25.0. The van der Waals surface area contributed by atoms with E-state index in [1.165, 1.54) is 135 Å². The number of carboxylic acids is 1. The maximum absolute atomic E-state index is 12.6. The molecule has 0 aromatic carbocycles. The molecule has 0 rings (SSSR count). The van der Waals surface area contributed by atoms with Crippen LogP contribution in [-0.2, 0) is 32.7 Å². The number of phosphoric ester groups is 1. The van der Waals surface area contributed by atoms with Gasteiger partial charge in [0.25, 0.3) is 0 Å². The van der Waals surface area contributed by atoms with E-state index >= 15 is 0 Å². The Hall–Kier alpha value is -1.81. The summed E-state index contributed by atoms with van der Waals surface area (Å²) in [5.74, 6) is -1.78. The van der Waals surface area contributed by atoms with Crippen LogP contribution in [0.4, 0.5) is 0 Å². The van der Waals surface area contributed by atoms with E-state index in [-0.39, 0.29) is 13.0 Å². The van der Waals surface area contributed by atoms with Crippen LogP contribution < -0.4 is 5.73 Å². The van der Waals surface area contributed by atoms with Crippen LogP contribution in [0, 0.1) is 0 Å². The number of esters is 1. The molecule has 0 amide bonds. The summed E-state index contributed by atoms with van der Waals surface area (Å²) in [5, 5.41) is 8.90. The lowest BCUT2D eigenvalue weighted by molar-refractivity contribution is -0.154. The first-order valence-electron chi connectivity index (χ1n) is 23.5. The van der Waals surface area contributed by atoms with Crippen LogP contribution in [-0.4, -0.2) is 60.5 Å². The zero-order valence-electron chi connectivity index (χ0n) is 37.1. The van der Waals surface area contributed by atoms with Crippen molar-refractivity contribution in [2.45, 2.75) is 225 Å². The molecule has 0 radical (unpaired) electrons. The van der Waals surface area contributed by atoms with E-state index in [4.69, 9.17) is 29.4 Å². The number of nitrogens with two attached hydrogens (primary N) is 1. The van der Waals surface area contributed by atoms with Crippen LogP contribution in [0.25, 0.3) is 0 Å². The first kappa shape index (κ1) is 56.2. The van der Waals surface area contributed by atoms with E-state index in [0.717, 1.165) is 51.4 Å². The van der Waals surface area contributed by atoms with E-state index in [2.05, 4.69) is 50.3 Å². The molecule has 0 saturated carbocycles. The van der Waals surface area contributed by atoms with Crippen molar-refractivity contribution in [1.29, 1.82) is 0 Å². The molecule has 0 aliphatic rings. The first-order chi connectivity index (χ1) is 28.2. The molecule has 0 bridgehead atoms. The van der Waals surface area contributed by atoms with Gasteiger partial charge in [-0.15, -0.1) is 0 Å². The van der Waals surface area contributed by atoms with Gasteiger partial charge in [0.2, 0.25) is 0 Å². The van der Waals surface area contributed by atoms with E-state index in [0.29, 0.717) is 13.0 Å². The molecule has 0 saturated heterocycles. The summed E-state index contributed by atoms with van der Waals surface area (Å²) in [6, 6.07) is -1.47. The Balaban J connectivity index is 4.18. The van der Waals surface area contributed by atoms with E-state index in [1.54, 1.807) is 0 Å². The van der Waals surface area contributed by atoms with Gasteiger partial charge in [-0.25, -0.2) is 4.57 Å². The van der Waals surface area contributed by atoms with E-state index in [9.17, 15) is 19.0 Å². The highest BCUT2D eigenvalue weighted by Gasteiger charge is 2.27. The number of hydrogen-bond acceptors (Lipinski definition) is 8. The van der Waals surface area contributed by atoms with E-state index < -0.39 is 45.1 Å². The van der Waals surface area contributed by atoms with Gasteiger partial charge in [-0.05, 0) is 51.4 Å². The molecule has 0 fully saturated rings. The van der Waals surface area contributed by atoms with Gasteiger partial charge in [-0.1, -0.05) is 192 Å². The minimum Gasteiger partial charge on any atom is -0.480 e. The van der Waals surface area contributed by atoms with Gasteiger partial charge >= 0.3 is 19.8 Å². The largest absolute Gasteiger partial charge is 0.480 e. The maximum Gasteiger partial charge on any atom is 0.472 e. The van der Waals surface area contributed by atoms with Crippen molar-refractivity contribution in [2.24, 2.45) is 5.73 Å². The summed E-state index contributed by atoms with van der Waals surface area (Å²) in [6.45, 7) is 3.87. The quantitative estimate of drug-likeness (QED) is 0.0233. The molecule has 3 unspecified atom stereocenters. The number of carboxylic acid groups (broad SMARTS) is 1. The zero-order chi connectivity index (χ0) is 42.6. The van der Waals surface area contributed by atoms with Crippen molar-refractivity contribution in [1.82, 2.24) is 0 Å². The fraction of sp³-hybridized carbons (Fsp3) is 0.830. The topological polar surface area (TPSA) is 155 Å². The van der Waals surface area contributed by atoms with Crippen LogP contribution in [0.5, 0.6) is 0 Å². The Morgan fingerprint density at radius 2 is 0.948 bits per heavy atom. The summed E-state index contributed by atoms with van der Waals surface area (Å²) >= 11 is 0. The van der Waals surface area contributed by atoms with Gasteiger partial charge in [-0.3, -0.25) is 18.6 Å². The highest BCUT2D eigenvalue weighted by atomic mass is 31.2. The number of aliphatic carboxylic acids is 1. The molecule has 0 aliphatic carbocycles. The average molecular weight is 842 g/mol. The normalized spacial score (nSPS) is 14.1. The monoisotopic (exact) mass is 842 g/mol. The van der Waals surface area contributed by atoms with Gasteiger partial charge in [-0.2, -0.15) is 0 Å². The fourth-order valence-corrected chi connectivity index (χ4v) is 7.27. The second kappa shape index (κ2) is 43.3. The summed E-state index contributed by atoms with van der Waals surface area (Å²) in [6.07, 6.45) is 49.1. The number of unbranched alkanes of at least 4 members (excludes halogenated alkanes) is 25. The van der Waals surface area contributed by atoms with Crippen molar-refractivity contribution in [3.63, 3.8) is 0 Å². The SMILES string of the molecule is CCCCCCC/C=C\C/C=C\C/C=C\CCCCCCCCCOCC(COP(=O)(O)OCC(N)C(=O)O)OC(=O)CCCCCCCCCCCCCCCC. The predicted molar refractivity (Wildman–Crippen MR) is 240 cm³/mol. The minimum absolute atomic E-state index is 0.0126. The third-order valence-electron chi connectivity index (χ3n) is 10.2. The van der Waals surface area contributed by atoms with Crippen molar-refractivity contribution in [3.05, 3.63) is 36.5 Å². The Kier molecular flexibility index (Phi) is 41.9. The van der Waals surface area contributed by atoms with Gasteiger partial charge in [0.1, 0.15) is 12.1 Å². The molecule has 4 N–H and O–H groups in total. The molecule has 0 spiro atoms. The van der Waals surface area contributed by atoms with Crippen LogP contribution in [0.2, 0.25) is 0 Å². The van der Waals surface area contributed by atoms with Crippen LogP contribution >= 0.6 is 7.82 Å². The number of phosphoric acid groups is 1. The second-order valence-corrected chi connectivity index (χ2v) is 17.3. The smallest absolute Gasteiger partial charge is 0.472 e. The predicted octanol–water partition coefficient (Wildman–Crippen LogP) is 13.3. The molecule has 3 atom stereocenters. The fourth-order valence-electron chi connectivity index (χ4n) is 6.49. The average Bonchev–Trinajstić information content (AvgIpc) is 3.20. The lowest BCUT2D eigenvalue weighted by Gasteiger charge is -2.20. The standard InChI is InChI=1S/C47H88NO9P/c1-3-5-7-9-11-13-15-17-19-20-21-22-23-24-25-26-28-30-32-34-36-38-40-54-41-44(42-55-58(52,53)56-43-45(48)47(50)51)57-46(49)39-37-35-33-31-29-27-18-16-14-12-10-8-6-4-2/h15,17,20-21,23-24,44-45H,3-14,16,18-19,22,25-43,48H2,1-2H3,(H,50,51)(H,52,53)/b17-15-,21-20-,24-23-. The summed E-state index contributed by atoms with van der Waals surface area (Å²) in [7, 11) is -4.62. The number of rotatable bonds is 45. The molecule has 340 valence electrons. The molecule has 0 aromatic heterocycles. The number of carbonyl (C=O) groups is 2. The summed E-state index contributed by atoms with van der Waals surface area (Å²) in [5.41, 5.74) is 5.36. The maximum atomic E-state index is 12.6. The molecule has 58 heavy (non-hydrogen) atoms. The Morgan fingerprint density at radius 3 is 1.41 bits per heavy atom. The molecule has 0 aliphatic heterocycles. The number of ether oxygens (including phenoxy) is 2. The van der Waals surface area contributed by atoms with Gasteiger partial charge < -0.3 is 25.2 Å². The van der Waals surface area contributed by atoms with Crippen molar-refractivity contribution in [3.8, 4) is 0 Å². The lowest BCUT2D eigenvalue weighted by Crippen LogP contribution is -2.34. The number of carbonyl (C=O) groups excluding carboxylic acids is 1. The molecule has 0 aromatic rings. The Morgan fingerprint density at radius 1 is 0.552 bits per heavy atom. The number of hydrogen-bond donors (Lipinski definition) is 3. The Bertz CT molecular complexity index is 1070. The molecule has 0 heterocycles. The number of allylic oxidation sites excluding steroid dienone is 6. The zero-order valence-corrected chi connectivity index (χ0v) is 38.0. The minimum atomic E-state index is -4.62. The third kappa shape index (κ3) is 42.3. The molecular weight excluding hydrogens is 753 g/mol. The highest BCUT2D eigenvalue weighted by molar-refractivity contribution is 7.47. The van der Waals surface area contributed by atoms with Gasteiger partial charge in [0.15, 0.2) is 0 Å². The Labute approximate surface area is 355 Å². The lowest BCUT2D eigenvalue weighted by atomic mass is 10.0. The third-order valence-corrected chi connectivity index (χ3v) is 11.1. The van der Waals surface area contributed by atoms with Crippen molar-refractivity contribution in [2.75, 3.05) is 26.4 Å². The van der Waals surface area contributed by atoms with Crippen LogP contribution in [0.15, 0.2) is 36.5 Å². The molecular formula is C47H88NO9P. The van der Waals surface area contributed by atoms with Crippen LogP contribution in [0.1, 0.15) is 213 Å². The summed E-state index contributed by atoms with van der Waals surface area (Å²) in [4.78, 5) is 33.6. The van der Waals surface area contributed by atoms with Crippen molar-refractivity contribution < 1.29 is 42.7 Å². The molecule has 11 heteroatoms. The second-order valence-electron chi connectivity index (χ2n) is 15.9. The van der Waals surface area contributed by atoms with Crippen molar-refractivity contribution >= 4 is 19.8 Å². The van der Waals surface area contributed by atoms with E-state index in [1.807, 2.05) is 0 Å². The highest BCUT2D eigenvalue weighted by Crippen LogP contribution is 2.43. The molecule has 10 nitrogen and oxygen atoms in total.